The molecule has 0 rings (SSSR count). The first-order valence-corrected chi connectivity index (χ1v) is 3.40. The predicted molar refractivity (Wildman–Crippen MR) is 32.4 cm³/mol. The monoisotopic (exact) mass is 119 g/mol. The highest BCUT2D eigenvalue weighted by Crippen LogP contribution is 1.87. The molecule has 7 heavy (non-hydrogen) atoms. The summed E-state index contributed by atoms with van der Waals surface area (Å²) in [5, 5.41) is 2.51. The van der Waals surface area contributed by atoms with Crippen LogP contribution in [0.25, 0.3) is 0 Å². The van der Waals surface area contributed by atoms with Crippen LogP contribution >= 0.6 is 11.8 Å². The van der Waals surface area contributed by atoms with Crippen LogP contribution in [0.5, 0.6) is 0 Å². The first kappa shape index (κ1) is 6.82. The third-order valence-electron chi connectivity index (χ3n) is 0.554. The van der Waals surface area contributed by atoms with Gasteiger partial charge in [0.15, 0.2) is 0 Å². The molecule has 0 saturated heterocycles. The Bertz CT molecular complexity index is 64.7. The molecule has 0 aromatic carbocycles. The lowest BCUT2D eigenvalue weighted by Crippen LogP contribution is -2.19. The van der Waals surface area contributed by atoms with Crippen molar-refractivity contribution in [1.29, 1.82) is 0 Å². The minimum atomic E-state index is 0.0903. The molecular formula is C4H9NOS. The van der Waals surface area contributed by atoms with E-state index in [9.17, 15) is 4.79 Å². The molecule has 0 aliphatic heterocycles. The molecule has 1 N–H and O–H groups in total. The molecule has 0 aliphatic rings. The van der Waals surface area contributed by atoms with Gasteiger partial charge in [0.05, 0.1) is 5.75 Å². The maximum absolute atomic E-state index is 10.3. The Morgan fingerprint density at radius 3 is 2.57 bits per heavy atom. The van der Waals surface area contributed by atoms with Crippen molar-refractivity contribution in [3.8, 4) is 0 Å². The smallest absolute Gasteiger partial charge is 0.229 e. The van der Waals surface area contributed by atoms with E-state index in [-0.39, 0.29) is 5.91 Å². The SMILES string of the molecule is CNC(=O)CSC. The molecule has 0 heterocycles. The first-order valence-electron chi connectivity index (χ1n) is 2.00. The number of amides is 1. The summed E-state index contributed by atoms with van der Waals surface area (Å²) in [5.74, 6) is 0.656. The minimum Gasteiger partial charge on any atom is -0.358 e. The van der Waals surface area contributed by atoms with Gasteiger partial charge in [-0.2, -0.15) is 11.8 Å². The second kappa shape index (κ2) is 3.99. The maximum atomic E-state index is 10.3. The predicted octanol–water partition coefficient (Wildman–Crippen LogP) is 0.0954. The summed E-state index contributed by atoms with van der Waals surface area (Å²) in [6.07, 6.45) is 1.90. The number of rotatable bonds is 2. The quantitative estimate of drug-likeness (QED) is 0.558. The summed E-state index contributed by atoms with van der Waals surface area (Å²) >= 11 is 1.52. The fraction of sp³-hybridized carbons (Fsp3) is 0.750. The van der Waals surface area contributed by atoms with Gasteiger partial charge in [0.25, 0.3) is 0 Å². The van der Waals surface area contributed by atoms with Crippen molar-refractivity contribution >= 4 is 17.7 Å². The van der Waals surface area contributed by atoms with Crippen LogP contribution in [-0.4, -0.2) is 25.0 Å². The lowest BCUT2D eigenvalue weighted by Gasteiger charge is -1.91. The van der Waals surface area contributed by atoms with Gasteiger partial charge in [-0.15, -0.1) is 0 Å². The molecule has 0 bridgehead atoms. The number of carbonyl (C=O) groups is 1. The number of thioether (sulfide) groups is 1. The van der Waals surface area contributed by atoms with Crippen molar-refractivity contribution in [2.45, 2.75) is 0 Å². The van der Waals surface area contributed by atoms with Crippen LogP contribution in [0, 0.1) is 0 Å². The number of carbonyl (C=O) groups excluding carboxylic acids is 1. The van der Waals surface area contributed by atoms with Crippen molar-refractivity contribution in [3.05, 3.63) is 0 Å². The van der Waals surface area contributed by atoms with E-state index in [1.165, 1.54) is 11.8 Å². The molecule has 3 heteroatoms. The number of hydrogen-bond donors (Lipinski definition) is 1. The van der Waals surface area contributed by atoms with E-state index < -0.39 is 0 Å². The largest absolute Gasteiger partial charge is 0.358 e. The fourth-order valence-corrected chi connectivity index (χ4v) is 0.610. The van der Waals surface area contributed by atoms with Crippen LogP contribution in [0.15, 0.2) is 0 Å². The molecule has 0 aliphatic carbocycles. The Balaban J connectivity index is 3.00. The number of hydrogen-bond acceptors (Lipinski definition) is 2. The van der Waals surface area contributed by atoms with Crippen LogP contribution in [0.1, 0.15) is 0 Å². The van der Waals surface area contributed by atoms with Crippen molar-refractivity contribution in [2.24, 2.45) is 0 Å². The molecule has 2 nitrogen and oxygen atoms in total. The Kier molecular flexibility index (Phi) is 3.89. The van der Waals surface area contributed by atoms with Crippen molar-refractivity contribution in [3.63, 3.8) is 0 Å². The molecule has 0 fully saturated rings. The average Bonchev–Trinajstić information content (AvgIpc) is 1.68. The summed E-state index contributed by atoms with van der Waals surface area (Å²) in [7, 11) is 1.64. The molecule has 0 aromatic rings. The minimum absolute atomic E-state index is 0.0903. The molecule has 0 aromatic heterocycles. The summed E-state index contributed by atoms with van der Waals surface area (Å²) in [6, 6.07) is 0. The Labute approximate surface area is 47.7 Å². The molecular weight excluding hydrogens is 110 g/mol. The molecule has 1 amide bonds. The van der Waals surface area contributed by atoms with Gasteiger partial charge in [-0.3, -0.25) is 4.79 Å². The average molecular weight is 119 g/mol. The van der Waals surface area contributed by atoms with Crippen LogP contribution in [0.4, 0.5) is 0 Å². The zero-order chi connectivity index (χ0) is 5.70. The Morgan fingerprint density at radius 1 is 1.86 bits per heavy atom. The second-order valence-corrected chi connectivity index (χ2v) is 1.97. The highest BCUT2D eigenvalue weighted by molar-refractivity contribution is 7.99. The fourth-order valence-electron chi connectivity index (χ4n) is 0.203. The molecule has 0 spiro atoms. The Hall–Kier alpha value is -0.180. The van der Waals surface area contributed by atoms with Gasteiger partial charge in [0.1, 0.15) is 0 Å². The van der Waals surface area contributed by atoms with E-state index >= 15 is 0 Å². The topological polar surface area (TPSA) is 29.1 Å². The van der Waals surface area contributed by atoms with Crippen LogP contribution in [0.2, 0.25) is 0 Å². The zero-order valence-electron chi connectivity index (χ0n) is 4.52. The number of nitrogens with one attached hydrogen (secondary N) is 1. The Morgan fingerprint density at radius 2 is 2.43 bits per heavy atom. The van der Waals surface area contributed by atoms with Gasteiger partial charge in [-0.25, -0.2) is 0 Å². The van der Waals surface area contributed by atoms with E-state index in [2.05, 4.69) is 5.32 Å². The van der Waals surface area contributed by atoms with E-state index in [1.807, 2.05) is 6.26 Å². The maximum Gasteiger partial charge on any atom is 0.229 e. The van der Waals surface area contributed by atoms with Gasteiger partial charge >= 0.3 is 0 Å². The summed E-state index contributed by atoms with van der Waals surface area (Å²) in [4.78, 5) is 10.3. The van der Waals surface area contributed by atoms with E-state index in [0.717, 1.165) is 0 Å². The third-order valence-corrected chi connectivity index (χ3v) is 1.11. The molecule has 0 radical (unpaired) electrons. The van der Waals surface area contributed by atoms with Crippen LogP contribution in [0.3, 0.4) is 0 Å². The van der Waals surface area contributed by atoms with Crippen molar-refractivity contribution in [2.75, 3.05) is 19.1 Å². The second-order valence-electron chi connectivity index (χ2n) is 1.11. The first-order chi connectivity index (χ1) is 3.31. The van der Waals surface area contributed by atoms with Crippen molar-refractivity contribution < 1.29 is 4.79 Å². The summed E-state index contributed by atoms with van der Waals surface area (Å²) in [5.41, 5.74) is 0. The van der Waals surface area contributed by atoms with E-state index in [1.54, 1.807) is 7.05 Å². The zero-order valence-corrected chi connectivity index (χ0v) is 5.34. The molecule has 0 atom stereocenters. The normalized spacial score (nSPS) is 8.29. The van der Waals surface area contributed by atoms with Gasteiger partial charge in [-0.1, -0.05) is 0 Å². The van der Waals surface area contributed by atoms with Gasteiger partial charge in [0.2, 0.25) is 5.91 Å². The van der Waals surface area contributed by atoms with Crippen LogP contribution in [-0.2, 0) is 4.79 Å². The summed E-state index contributed by atoms with van der Waals surface area (Å²) in [6.45, 7) is 0. The van der Waals surface area contributed by atoms with Crippen LogP contribution < -0.4 is 5.32 Å². The lowest BCUT2D eigenvalue weighted by molar-refractivity contribution is -0.118. The lowest BCUT2D eigenvalue weighted by atomic mass is 10.7. The highest BCUT2D eigenvalue weighted by Gasteiger charge is 1.90. The van der Waals surface area contributed by atoms with E-state index in [0.29, 0.717) is 5.75 Å². The summed E-state index contributed by atoms with van der Waals surface area (Å²) < 4.78 is 0. The third kappa shape index (κ3) is 3.66. The van der Waals surface area contributed by atoms with E-state index in [4.69, 9.17) is 0 Å². The van der Waals surface area contributed by atoms with Gasteiger partial charge < -0.3 is 5.32 Å². The molecule has 42 valence electrons. The van der Waals surface area contributed by atoms with Crippen molar-refractivity contribution in [1.82, 2.24) is 5.32 Å². The van der Waals surface area contributed by atoms with Gasteiger partial charge in [0, 0.05) is 7.05 Å². The standard InChI is InChI=1S/C4H9NOS/c1-5-4(6)3-7-2/h3H2,1-2H3,(H,5,6). The van der Waals surface area contributed by atoms with Gasteiger partial charge in [-0.05, 0) is 6.26 Å². The molecule has 0 unspecified atom stereocenters. The highest BCUT2D eigenvalue weighted by atomic mass is 32.2. The molecule has 0 saturated carbocycles.